The third-order valence-electron chi connectivity index (χ3n) is 4.29. The van der Waals surface area contributed by atoms with Crippen LogP contribution in [0.15, 0.2) is 30.6 Å². The maximum Gasteiger partial charge on any atom is 0.136 e. The molecule has 0 bridgehead atoms. The standard InChI is InChI=1S/C17H19N5/c1-3-15-20-14-6-4-5-13(11-9-19-21(2)10-11)16(14)17(18)22(15)12-7-8-12/h4-6,9-10,12,18H,3,7-8H2,1-2H3. The highest BCUT2D eigenvalue weighted by Gasteiger charge is 2.27. The van der Waals surface area contributed by atoms with E-state index in [1.807, 2.05) is 31.6 Å². The first kappa shape index (κ1) is 13.2. The molecule has 1 aliphatic rings. The maximum atomic E-state index is 8.75. The molecule has 5 nitrogen and oxygen atoms in total. The summed E-state index contributed by atoms with van der Waals surface area (Å²) in [5.41, 5.74) is 3.57. The van der Waals surface area contributed by atoms with Gasteiger partial charge in [-0.2, -0.15) is 5.10 Å². The van der Waals surface area contributed by atoms with E-state index in [-0.39, 0.29) is 0 Å². The number of nitrogens with one attached hydrogen (secondary N) is 1. The highest BCUT2D eigenvalue weighted by molar-refractivity contribution is 5.93. The average molecular weight is 293 g/mol. The number of aryl methyl sites for hydroxylation is 2. The Morgan fingerprint density at radius 1 is 1.32 bits per heavy atom. The van der Waals surface area contributed by atoms with Gasteiger partial charge < -0.3 is 4.57 Å². The second kappa shape index (κ2) is 4.80. The highest BCUT2D eigenvalue weighted by atomic mass is 15.2. The van der Waals surface area contributed by atoms with Crippen LogP contribution in [0.1, 0.15) is 31.6 Å². The molecule has 112 valence electrons. The van der Waals surface area contributed by atoms with Crippen molar-refractivity contribution in [2.45, 2.75) is 32.2 Å². The third-order valence-corrected chi connectivity index (χ3v) is 4.29. The number of rotatable bonds is 3. The van der Waals surface area contributed by atoms with Gasteiger partial charge in [-0.1, -0.05) is 19.1 Å². The lowest BCUT2D eigenvalue weighted by atomic mass is 10.0. The van der Waals surface area contributed by atoms with Gasteiger partial charge in [-0.25, -0.2) is 4.98 Å². The zero-order chi connectivity index (χ0) is 15.3. The van der Waals surface area contributed by atoms with E-state index in [9.17, 15) is 0 Å². The summed E-state index contributed by atoms with van der Waals surface area (Å²) >= 11 is 0. The monoisotopic (exact) mass is 293 g/mol. The van der Waals surface area contributed by atoms with Crippen LogP contribution in [0.5, 0.6) is 0 Å². The fourth-order valence-corrected chi connectivity index (χ4v) is 3.10. The quantitative estimate of drug-likeness (QED) is 0.807. The molecular weight excluding hydrogens is 274 g/mol. The summed E-state index contributed by atoms with van der Waals surface area (Å²) < 4.78 is 3.92. The molecule has 1 aromatic carbocycles. The van der Waals surface area contributed by atoms with Crippen LogP contribution in [0.3, 0.4) is 0 Å². The normalized spacial score (nSPS) is 14.6. The molecule has 0 spiro atoms. The second-order valence-electron chi connectivity index (χ2n) is 5.93. The summed E-state index contributed by atoms with van der Waals surface area (Å²) in [6, 6.07) is 6.53. The number of nitrogens with zero attached hydrogens (tertiary/aromatic N) is 4. The van der Waals surface area contributed by atoms with E-state index in [0.717, 1.165) is 47.1 Å². The lowest BCUT2D eigenvalue weighted by Crippen LogP contribution is -2.25. The Bertz CT molecular complexity index is 914. The van der Waals surface area contributed by atoms with Gasteiger partial charge in [-0.3, -0.25) is 10.1 Å². The first-order valence-corrected chi connectivity index (χ1v) is 7.76. The van der Waals surface area contributed by atoms with E-state index in [1.165, 1.54) is 0 Å². The molecular formula is C17H19N5. The summed E-state index contributed by atoms with van der Waals surface area (Å²) in [5.74, 6) is 1.02. The smallest absolute Gasteiger partial charge is 0.136 e. The Balaban J connectivity index is 2.07. The van der Waals surface area contributed by atoms with Gasteiger partial charge in [0.25, 0.3) is 0 Å². The first-order chi connectivity index (χ1) is 10.7. The summed E-state index contributed by atoms with van der Waals surface area (Å²) in [7, 11) is 1.91. The van der Waals surface area contributed by atoms with Gasteiger partial charge in [0, 0.05) is 31.3 Å². The van der Waals surface area contributed by atoms with Crippen LogP contribution in [0.25, 0.3) is 22.0 Å². The number of hydrogen-bond donors (Lipinski definition) is 1. The Kier molecular flexibility index (Phi) is 2.89. The van der Waals surface area contributed by atoms with Gasteiger partial charge in [0.1, 0.15) is 11.3 Å². The Labute approximate surface area is 128 Å². The first-order valence-electron chi connectivity index (χ1n) is 7.76. The minimum Gasteiger partial charge on any atom is -0.311 e. The van der Waals surface area contributed by atoms with Crippen molar-refractivity contribution < 1.29 is 0 Å². The maximum absolute atomic E-state index is 8.75. The van der Waals surface area contributed by atoms with Crippen molar-refractivity contribution in [3.05, 3.63) is 41.9 Å². The molecule has 0 unspecified atom stereocenters. The van der Waals surface area contributed by atoms with Crippen molar-refractivity contribution in [3.8, 4) is 11.1 Å². The van der Waals surface area contributed by atoms with Crippen LogP contribution in [-0.2, 0) is 13.5 Å². The van der Waals surface area contributed by atoms with Gasteiger partial charge in [0.15, 0.2) is 0 Å². The van der Waals surface area contributed by atoms with Crippen LogP contribution < -0.4 is 5.49 Å². The van der Waals surface area contributed by atoms with E-state index >= 15 is 0 Å². The van der Waals surface area contributed by atoms with Crippen LogP contribution in [0.4, 0.5) is 0 Å². The molecule has 1 fully saturated rings. The fraction of sp³-hybridized carbons (Fsp3) is 0.353. The molecule has 1 N–H and O–H groups in total. The zero-order valence-electron chi connectivity index (χ0n) is 12.9. The number of aromatic nitrogens is 4. The van der Waals surface area contributed by atoms with Gasteiger partial charge in [-0.05, 0) is 24.5 Å². The van der Waals surface area contributed by atoms with Crippen molar-refractivity contribution in [3.63, 3.8) is 0 Å². The molecule has 1 aliphatic carbocycles. The van der Waals surface area contributed by atoms with E-state index in [2.05, 4.69) is 22.7 Å². The molecule has 2 aromatic heterocycles. The molecule has 0 saturated heterocycles. The summed E-state index contributed by atoms with van der Waals surface area (Å²) in [6.07, 6.45) is 7.01. The lowest BCUT2D eigenvalue weighted by Gasteiger charge is -2.14. The molecule has 5 heteroatoms. The fourth-order valence-electron chi connectivity index (χ4n) is 3.10. The minimum absolute atomic E-state index is 0.460. The van der Waals surface area contributed by atoms with Gasteiger partial charge >= 0.3 is 0 Å². The number of benzene rings is 1. The molecule has 22 heavy (non-hydrogen) atoms. The molecule has 0 atom stereocenters. The van der Waals surface area contributed by atoms with E-state index in [1.54, 1.807) is 4.68 Å². The molecule has 0 radical (unpaired) electrons. The number of fused-ring (bicyclic) bond motifs is 1. The Hall–Kier alpha value is -2.43. The van der Waals surface area contributed by atoms with Crippen molar-refractivity contribution in [1.82, 2.24) is 19.3 Å². The van der Waals surface area contributed by atoms with Gasteiger partial charge in [0.05, 0.1) is 17.1 Å². The molecule has 4 rings (SSSR count). The van der Waals surface area contributed by atoms with Crippen molar-refractivity contribution in [2.24, 2.45) is 7.05 Å². The van der Waals surface area contributed by atoms with Gasteiger partial charge in [0.2, 0.25) is 0 Å². The summed E-state index contributed by atoms with van der Waals surface area (Å²) in [6.45, 7) is 2.11. The second-order valence-corrected chi connectivity index (χ2v) is 5.93. The predicted molar refractivity (Wildman–Crippen MR) is 85.4 cm³/mol. The topological polar surface area (TPSA) is 59.5 Å². The SMILES string of the molecule is CCc1nc2cccc(-c3cnn(C)c3)c2c(=N)n1C1CC1. The number of hydrogen-bond acceptors (Lipinski definition) is 3. The molecule has 0 aliphatic heterocycles. The van der Waals surface area contributed by atoms with E-state index in [4.69, 9.17) is 10.4 Å². The van der Waals surface area contributed by atoms with Crippen LogP contribution >= 0.6 is 0 Å². The molecule has 3 aromatic rings. The molecule has 2 heterocycles. The summed E-state index contributed by atoms with van der Waals surface area (Å²) in [5, 5.41) is 13.9. The van der Waals surface area contributed by atoms with E-state index < -0.39 is 0 Å². The predicted octanol–water partition coefficient (Wildman–Crippen LogP) is 2.81. The van der Waals surface area contributed by atoms with Crippen molar-refractivity contribution >= 4 is 10.9 Å². The minimum atomic E-state index is 0.460. The average Bonchev–Trinajstić information content (AvgIpc) is 3.26. The Morgan fingerprint density at radius 2 is 2.14 bits per heavy atom. The van der Waals surface area contributed by atoms with Gasteiger partial charge in [-0.15, -0.1) is 0 Å². The van der Waals surface area contributed by atoms with Crippen molar-refractivity contribution in [2.75, 3.05) is 0 Å². The van der Waals surface area contributed by atoms with Crippen molar-refractivity contribution in [1.29, 1.82) is 5.41 Å². The Morgan fingerprint density at radius 3 is 2.77 bits per heavy atom. The third kappa shape index (κ3) is 1.96. The van der Waals surface area contributed by atoms with Crippen LogP contribution in [-0.4, -0.2) is 19.3 Å². The zero-order valence-corrected chi connectivity index (χ0v) is 12.9. The highest BCUT2D eigenvalue weighted by Crippen LogP contribution is 2.35. The summed E-state index contributed by atoms with van der Waals surface area (Å²) in [4.78, 5) is 4.82. The molecule has 1 saturated carbocycles. The van der Waals surface area contributed by atoms with E-state index in [0.29, 0.717) is 11.5 Å². The van der Waals surface area contributed by atoms with Crippen LogP contribution in [0.2, 0.25) is 0 Å². The van der Waals surface area contributed by atoms with Crippen LogP contribution in [0, 0.1) is 5.41 Å². The molecule has 0 amide bonds. The lowest BCUT2D eigenvalue weighted by molar-refractivity contribution is 0.630. The largest absolute Gasteiger partial charge is 0.311 e.